The fourth-order valence-corrected chi connectivity index (χ4v) is 2.24. The van der Waals surface area contributed by atoms with E-state index in [0.29, 0.717) is 6.54 Å². The molecule has 21 heavy (non-hydrogen) atoms. The third-order valence-corrected chi connectivity index (χ3v) is 3.40. The van der Waals surface area contributed by atoms with Crippen molar-refractivity contribution in [3.05, 3.63) is 65.6 Å². The number of nitrogens with zero attached hydrogens (tertiary/aromatic N) is 4. The Hall–Kier alpha value is -2.47. The smallest absolute Gasteiger partial charge is 0.127 e. The van der Waals surface area contributed by atoms with Gasteiger partial charge in [0.25, 0.3) is 0 Å². The first-order valence-corrected chi connectivity index (χ1v) is 6.76. The van der Waals surface area contributed by atoms with Gasteiger partial charge >= 0.3 is 0 Å². The van der Waals surface area contributed by atoms with Crippen LogP contribution in [0.5, 0.6) is 0 Å². The lowest BCUT2D eigenvalue weighted by Crippen LogP contribution is -2.22. The van der Waals surface area contributed by atoms with Crippen LogP contribution >= 0.6 is 0 Å². The molecule has 6 nitrogen and oxygen atoms in total. The highest BCUT2D eigenvalue weighted by atomic mass is 16.5. The fraction of sp³-hybridized carbons (Fsp3) is 0.267. The van der Waals surface area contributed by atoms with Crippen molar-refractivity contribution in [2.75, 3.05) is 0 Å². The van der Waals surface area contributed by atoms with Gasteiger partial charge in [-0.05, 0) is 18.6 Å². The summed E-state index contributed by atoms with van der Waals surface area (Å²) in [4.78, 5) is 4.20. The van der Waals surface area contributed by atoms with Gasteiger partial charge in [0.05, 0.1) is 12.2 Å². The zero-order chi connectivity index (χ0) is 14.7. The fourth-order valence-electron chi connectivity index (χ4n) is 2.24. The monoisotopic (exact) mass is 283 g/mol. The van der Waals surface area contributed by atoms with E-state index in [9.17, 15) is 0 Å². The number of aryl methyl sites for hydroxylation is 2. The van der Waals surface area contributed by atoms with Gasteiger partial charge in [-0.3, -0.25) is 9.67 Å². The van der Waals surface area contributed by atoms with Crippen molar-refractivity contribution in [3.8, 4) is 0 Å². The lowest BCUT2D eigenvalue weighted by atomic mass is 10.0. The van der Waals surface area contributed by atoms with Gasteiger partial charge in [-0.2, -0.15) is 5.10 Å². The maximum absolute atomic E-state index is 4.97. The summed E-state index contributed by atoms with van der Waals surface area (Å²) >= 11 is 0. The Labute approximate surface area is 122 Å². The largest absolute Gasteiger partial charge is 0.364 e. The third-order valence-electron chi connectivity index (χ3n) is 3.40. The molecule has 108 valence electrons. The first-order chi connectivity index (χ1) is 10.2. The van der Waals surface area contributed by atoms with E-state index >= 15 is 0 Å². The maximum atomic E-state index is 4.97. The maximum Gasteiger partial charge on any atom is 0.127 e. The second-order valence-electron chi connectivity index (χ2n) is 4.99. The van der Waals surface area contributed by atoms with Gasteiger partial charge in [-0.15, -0.1) is 0 Å². The minimum Gasteiger partial charge on any atom is -0.364 e. The van der Waals surface area contributed by atoms with Crippen LogP contribution in [0.15, 0.2) is 47.7 Å². The van der Waals surface area contributed by atoms with Crippen LogP contribution in [0.2, 0.25) is 0 Å². The van der Waals surface area contributed by atoms with Gasteiger partial charge in [0, 0.05) is 43.3 Å². The van der Waals surface area contributed by atoms with Crippen LogP contribution < -0.4 is 5.32 Å². The third kappa shape index (κ3) is 3.00. The highest BCUT2D eigenvalue weighted by Gasteiger charge is 2.16. The molecule has 3 rings (SSSR count). The van der Waals surface area contributed by atoms with E-state index in [1.165, 1.54) is 0 Å². The molecule has 0 aliphatic heterocycles. The van der Waals surface area contributed by atoms with Crippen molar-refractivity contribution in [3.63, 3.8) is 0 Å². The van der Waals surface area contributed by atoms with Crippen LogP contribution in [0, 0.1) is 6.92 Å². The minimum atomic E-state index is 0.0171. The zero-order valence-electron chi connectivity index (χ0n) is 12.0. The molecule has 0 radical (unpaired) electrons. The van der Waals surface area contributed by atoms with Gasteiger partial charge in [-0.1, -0.05) is 11.2 Å². The molecular weight excluding hydrogens is 266 g/mol. The van der Waals surface area contributed by atoms with E-state index in [1.807, 2.05) is 44.7 Å². The summed E-state index contributed by atoms with van der Waals surface area (Å²) in [5.41, 5.74) is 4.13. The topological polar surface area (TPSA) is 68.8 Å². The van der Waals surface area contributed by atoms with Crippen LogP contribution in [-0.2, 0) is 13.6 Å². The Morgan fingerprint density at radius 1 is 1.33 bits per heavy atom. The predicted molar refractivity (Wildman–Crippen MR) is 77.4 cm³/mol. The van der Waals surface area contributed by atoms with E-state index in [4.69, 9.17) is 4.52 Å². The molecule has 0 amide bonds. The van der Waals surface area contributed by atoms with E-state index in [0.717, 1.165) is 22.4 Å². The summed E-state index contributed by atoms with van der Waals surface area (Å²) in [5, 5.41) is 11.7. The highest BCUT2D eigenvalue weighted by molar-refractivity contribution is 5.27. The van der Waals surface area contributed by atoms with Crippen LogP contribution in [0.1, 0.15) is 28.4 Å². The number of hydrogen-bond donors (Lipinski definition) is 1. The highest BCUT2D eigenvalue weighted by Crippen LogP contribution is 2.21. The van der Waals surface area contributed by atoms with Crippen molar-refractivity contribution < 1.29 is 4.52 Å². The molecule has 1 atom stereocenters. The van der Waals surface area contributed by atoms with Crippen LogP contribution in [0.3, 0.4) is 0 Å². The van der Waals surface area contributed by atoms with Crippen LogP contribution in [0.4, 0.5) is 0 Å². The molecule has 0 aliphatic rings. The number of aromatic nitrogens is 4. The molecular formula is C15H17N5O. The molecule has 0 aliphatic carbocycles. The second kappa shape index (κ2) is 5.88. The minimum absolute atomic E-state index is 0.0171. The van der Waals surface area contributed by atoms with Crippen molar-refractivity contribution >= 4 is 0 Å². The van der Waals surface area contributed by atoms with Gasteiger partial charge in [-0.25, -0.2) is 0 Å². The number of rotatable bonds is 5. The van der Waals surface area contributed by atoms with Gasteiger partial charge in [0.1, 0.15) is 12.0 Å². The number of nitrogens with one attached hydrogen (secondary N) is 1. The van der Waals surface area contributed by atoms with Crippen LogP contribution in [-0.4, -0.2) is 19.9 Å². The average Bonchev–Trinajstić information content (AvgIpc) is 3.10. The SMILES string of the molecule is Cc1conc1CNC(c1cccnc1)c1cnn(C)c1. The van der Waals surface area contributed by atoms with Gasteiger partial charge in [0.15, 0.2) is 0 Å². The predicted octanol–water partition coefficient (Wildman–Crippen LogP) is 1.99. The van der Waals surface area contributed by atoms with E-state index < -0.39 is 0 Å². The molecule has 0 spiro atoms. The van der Waals surface area contributed by atoms with Crippen molar-refractivity contribution in [2.24, 2.45) is 7.05 Å². The molecule has 0 saturated carbocycles. The summed E-state index contributed by atoms with van der Waals surface area (Å²) in [6, 6.07) is 4.00. The van der Waals surface area contributed by atoms with Crippen molar-refractivity contribution in [1.29, 1.82) is 0 Å². The summed E-state index contributed by atoms with van der Waals surface area (Å²) in [7, 11) is 1.91. The molecule has 0 aromatic carbocycles. The van der Waals surface area contributed by atoms with E-state index in [1.54, 1.807) is 17.1 Å². The zero-order valence-corrected chi connectivity index (χ0v) is 12.0. The molecule has 3 aromatic rings. The first kappa shape index (κ1) is 13.5. The van der Waals surface area contributed by atoms with E-state index in [2.05, 4.69) is 20.6 Å². The average molecular weight is 283 g/mol. The van der Waals surface area contributed by atoms with Crippen LogP contribution in [0.25, 0.3) is 0 Å². The molecule has 0 fully saturated rings. The Balaban J connectivity index is 1.84. The molecule has 0 bridgehead atoms. The summed E-state index contributed by atoms with van der Waals surface area (Å²) in [6.45, 7) is 2.60. The summed E-state index contributed by atoms with van der Waals surface area (Å²) < 4.78 is 6.77. The molecule has 0 saturated heterocycles. The molecule has 1 N–H and O–H groups in total. The standard InChI is InChI=1S/C15H17N5O/c1-11-10-21-19-14(11)8-17-15(12-4-3-5-16-6-12)13-7-18-20(2)9-13/h3-7,9-10,15,17H,8H2,1-2H3. The Morgan fingerprint density at radius 2 is 2.24 bits per heavy atom. The lowest BCUT2D eigenvalue weighted by Gasteiger charge is -2.17. The quantitative estimate of drug-likeness (QED) is 0.775. The molecule has 3 aromatic heterocycles. The first-order valence-electron chi connectivity index (χ1n) is 6.76. The molecule has 3 heterocycles. The number of hydrogen-bond acceptors (Lipinski definition) is 5. The summed E-state index contributed by atoms with van der Waals surface area (Å²) in [5.74, 6) is 0. The second-order valence-corrected chi connectivity index (χ2v) is 4.99. The number of pyridine rings is 1. The Bertz CT molecular complexity index is 704. The van der Waals surface area contributed by atoms with Crippen molar-refractivity contribution in [1.82, 2.24) is 25.2 Å². The van der Waals surface area contributed by atoms with Gasteiger partial charge in [0.2, 0.25) is 0 Å². The molecule has 1 unspecified atom stereocenters. The normalized spacial score (nSPS) is 12.5. The lowest BCUT2D eigenvalue weighted by molar-refractivity contribution is 0.406. The summed E-state index contributed by atoms with van der Waals surface area (Å²) in [6.07, 6.45) is 9.15. The Kier molecular flexibility index (Phi) is 3.79. The molecule has 6 heteroatoms. The van der Waals surface area contributed by atoms with E-state index in [-0.39, 0.29) is 6.04 Å². The van der Waals surface area contributed by atoms with Gasteiger partial charge < -0.3 is 9.84 Å². The van der Waals surface area contributed by atoms with Crippen molar-refractivity contribution in [2.45, 2.75) is 19.5 Å². The Morgan fingerprint density at radius 3 is 2.86 bits per heavy atom.